The Balaban J connectivity index is 1.75. The van der Waals surface area contributed by atoms with Gasteiger partial charge in [0.15, 0.2) is 11.5 Å². The van der Waals surface area contributed by atoms with Crippen LogP contribution in [0.3, 0.4) is 0 Å². The van der Waals surface area contributed by atoms with Crippen LogP contribution in [0.5, 0.6) is 5.75 Å². The van der Waals surface area contributed by atoms with E-state index in [1.54, 1.807) is 25.1 Å². The highest BCUT2D eigenvalue weighted by Gasteiger charge is 2.37. The molecular weight excluding hydrogens is 408 g/mol. The Bertz CT molecular complexity index is 1020. The summed E-state index contributed by atoms with van der Waals surface area (Å²) in [4.78, 5) is 39.2. The summed E-state index contributed by atoms with van der Waals surface area (Å²) < 4.78 is 11.0. The number of hydrogen-bond donors (Lipinski definition) is 1. The predicted molar refractivity (Wildman–Crippen MR) is 113 cm³/mol. The molecule has 0 saturated heterocycles. The van der Waals surface area contributed by atoms with Crippen LogP contribution in [-0.2, 0) is 11.2 Å². The number of Topliss-reactive ketones (excluding diaryl/α,β-unsaturated/α-hetero) is 1. The predicted octanol–water partition coefficient (Wildman–Crippen LogP) is 4.12. The molecule has 1 N–H and O–H groups in total. The third kappa shape index (κ3) is 4.36. The first-order chi connectivity index (χ1) is 14.0. The first-order valence-corrected chi connectivity index (χ1v) is 9.94. The van der Waals surface area contributed by atoms with Crippen molar-refractivity contribution < 1.29 is 23.5 Å². The number of ketones is 1. The second kappa shape index (κ2) is 8.14. The van der Waals surface area contributed by atoms with Gasteiger partial charge >= 0.3 is 0 Å². The highest BCUT2D eigenvalue weighted by molar-refractivity contribution is 6.31. The Kier molecular flexibility index (Phi) is 5.94. The maximum absolute atomic E-state index is 12.9. The number of nitrogens with zero attached hydrogens (tertiary/aromatic N) is 1. The minimum absolute atomic E-state index is 0.0185. The van der Waals surface area contributed by atoms with E-state index in [2.05, 4.69) is 5.32 Å². The van der Waals surface area contributed by atoms with Gasteiger partial charge in [-0.05, 0) is 30.5 Å². The fourth-order valence-corrected chi connectivity index (χ4v) is 3.89. The minimum atomic E-state index is -0.458. The molecule has 7 nitrogen and oxygen atoms in total. The maximum Gasteiger partial charge on any atom is 0.290 e. The number of hydrogen-bond acceptors (Lipinski definition) is 5. The summed E-state index contributed by atoms with van der Waals surface area (Å²) in [6.45, 7) is 5.48. The molecule has 0 fully saturated rings. The molecule has 1 aliphatic carbocycles. The molecule has 1 aliphatic rings. The number of fused-ring (bicyclic) bond motifs is 1. The third-order valence-corrected chi connectivity index (χ3v) is 5.37. The summed E-state index contributed by atoms with van der Waals surface area (Å²) in [5, 5.41) is 3.14. The van der Waals surface area contributed by atoms with Gasteiger partial charge in [0.2, 0.25) is 5.91 Å². The van der Waals surface area contributed by atoms with E-state index >= 15 is 0 Å². The number of nitrogens with one attached hydrogen (secondary N) is 1. The van der Waals surface area contributed by atoms with Crippen molar-refractivity contribution in [2.45, 2.75) is 33.6 Å². The van der Waals surface area contributed by atoms with Gasteiger partial charge in [0.05, 0.1) is 24.9 Å². The SMILES string of the molecule is COc1ccc(Cl)cc1NC(=O)CN(C)C(=O)c1oc2c(c1C)C(=O)CC(C)(C)C2. The zero-order valence-corrected chi connectivity index (χ0v) is 18.5. The molecule has 0 bridgehead atoms. The number of rotatable bonds is 5. The molecule has 1 heterocycles. The largest absolute Gasteiger partial charge is 0.495 e. The topological polar surface area (TPSA) is 88.8 Å². The van der Waals surface area contributed by atoms with Crippen LogP contribution >= 0.6 is 11.6 Å². The molecule has 0 aliphatic heterocycles. The van der Waals surface area contributed by atoms with Crippen molar-refractivity contribution in [2.75, 3.05) is 26.0 Å². The van der Waals surface area contributed by atoms with Crippen LogP contribution in [0.25, 0.3) is 0 Å². The Morgan fingerprint density at radius 3 is 2.67 bits per heavy atom. The first-order valence-electron chi connectivity index (χ1n) is 9.56. The second-order valence-corrected chi connectivity index (χ2v) is 8.79. The molecule has 0 radical (unpaired) electrons. The second-order valence-electron chi connectivity index (χ2n) is 8.35. The molecule has 30 heavy (non-hydrogen) atoms. The molecule has 1 aromatic heterocycles. The average molecular weight is 433 g/mol. The number of likely N-dealkylation sites (N-methyl/N-ethyl adjacent to an activating group) is 1. The van der Waals surface area contributed by atoms with Crippen molar-refractivity contribution >= 4 is 34.9 Å². The molecule has 0 saturated carbocycles. The lowest BCUT2D eigenvalue weighted by atomic mass is 9.76. The minimum Gasteiger partial charge on any atom is -0.495 e. The van der Waals surface area contributed by atoms with E-state index in [4.69, 9.17) is 20.8 Å². The van der Waals surface area contributed by atoms with E-state index in [0.717, 1.165) is 0 Å². The number of anilines is 1. The number of halogens is 1. The lowest BCUT2D eigenvalue weighted by molar-refractivity contribution is -0.116. The van der Waals surface area contributed by atoms with Crippen molar-refractivity contribution in [3.05, 3.63) is 45.9 Å². The van der Waals surface area contributed by atoms with Gasteiger partial charge in [-0.3, -0.25) is 14.4 Å². The molecule has 1 aromatic carbocycles. The zero-order valence-electron chi connectivity index (χ0n) is 17.7. The van der Waals surface area contributed by atoms with Gasteiger partial charge in [0.1, 0.15) is 11.5 Å². The number of amides is 2. The lowest BCUT2D eigenvalue weighted by Crippen LogP contribution is -2.35. The molecule has 0 spiro atoms. The Labute approximate surface area is 180 Å². The number of ether oxygens (including phenoxy) is 1. The van der Waals surface area contributed by atoms with Gasteiger partial charge in [0, 0.05) is 30.5 Å². The van der Waals surface area contributed by atoms with E-state index in [0.29, 0.717) is 46.2 Å². The van der Waals surface area contributed by atoms with Crippen molar-refractivity contribution in [1.82, 2.24) is 4.90 Å². The normalized spacial score (nSPS) is 14.8. The van der Waals surface area contributed by atoms with Gasteiger partial charge in [-0.25, -0.2) is 0 Å². The van der Waals surface area contributed by atoms with E-state index < -0.39 is 11.8 Å². The molecule has 3 rings (SSSR count). The van der Waals surface area contributed by atoms with Crippen molar-refractivity contribution in [1.29, 1.82) is 0 Å². The van der Waals surface area contributed by atoms with Crippen LogP contribution in [0.15, 0.2) is 22.6 Å². The maximum atomic E-state index is 12.9. The monoisotopic (exact) mass is 432 g/mol. The van der Waals surface area contributed by atoms with Gasteiger partial charge < -0.3 is 19.4 Å². The first kappa shape index (κ1) is 21.9. The van der Waals surface area contributed by atoms with Gasteiger partial charge in [-0.1, -0.05) is 25.4 Å². The molecule has 2 aromatic rings. The van der Waals surface area contributed by atoms with Crippen LogP contribution in [0.2, 0.25) is 5.02 Å². The highest BCUT2D eigenvalue weighted by atomic mass is 35.5. The van der Waals surface area contributed by atoms with Gasteiger partial charge in [-0.2, -0.15) is 0 Å². The number of furan rings is 1. The fraction of sp³-hybridized carbons (Fsp3) is 0.409. The van der Waals surface area contributed by atoms with Crippen molar-refractivity contribution in [3.8, 4) is 5.75 Å². The molecule has 8 heteroatoms. The van der Waals surface area contributed by atoms with E-state index in [-0.39, 0.29) is 23.5 Å². The quantitative estimate of drug-likeness (QED) is 0.767. The van der Waals surface area contributed by atoms with Gasteiger partial charge in [0.25, 0.3) is 5.91 Å². The number of carbonyl (C=O) groups excluding carboxylic acids is 3. The molecule has 160 valence electrons. The third-order valence-electron chi connectivity index (χ3n) is 5.13. The van der Waals surface area contributed by atoms with Crippen LogP contribution in [0, 0.1) is 12.3 Å². The van der Waals surface area contributed by atoms with Crippen LogP contribution < -0.4 is 10.1 Å². The Morgan fingerprint density at radius 1 is 1.30 bits per heavy atom. The summed E-state index contributed by atoms with van der Waals surface area (Å²) >= 11 is 5.98. The smallest absolute Gasteiger partial charge is 0.290 e. The standard InChI is InChI=1S/C22H25ClN2O5/c1-12-19-15(26)9-22(2,3)10-17(19)30-20(12)21(28)25(4)11-18(27)24-14-8-13(23)6-7-16(14)29-5/h6-8H,9-11H2,1-5H3,(H,24,27). The molecule has 0 unspecified atom stereocenters. The molecular formula is C22H25ClN2O5. The molecule has 2 amide bonds. The van der Waals surface area contributed by atoms with Gasteiger partial charge in [-0.15, -0.1) is 0 Å². The number of benzene rings is 1. The summed E-state index contributed by atoms with van der Waals surface area (Å²) in [5.41, 5.74) is 1.23. The molecule has 0 atom stereocenters. The summed E-state index contributed by atoms with van der Waals surface area (Å²) in [5.74, 6) is 0.200. The Morgan fingerprint density at radius 2 is 2.00 bits per heavy atom. The van der Waals surface area contributed by atoms with Crippen LogP contribution in [-0.4, -0.2) is 43.2 Å². The summed E-state index contributed by atoms with van der Waals surface area (Å²) in [7, 11) is 2.99. The van der Waals surface area contributed by atoms with E-state index in [1.807, 2.05) is 13.8 Å². The zero-order chi connectivity index (χ0) is 22.2. The van der Waals surface area contributed by atoms with Crippen molar-refractivity contribution in [3.63, 3.8) is 0 Å². The van der Waals surface area contributed by atoms with Crippen LogP contribution in [0.4, 0.5) is 5.69 Å². The number of carbonyl (C=O) groups is 3. The average Bonchev–Trinajstić information content (AvgIpc) is 2.96. The van der Waals surface area contributed by atoms with E-state index in [9.17, 15) is 14.4 Å². The van der Waals surface area contributed by atoms with Crippen LogP contribution in [0.1, 0.15) is 52.5 Å². The number of methoxy groups -OCH3 is 1. The lowest BCUT2D eigenvalue weighted by Gasteiger charge is -2.27. The highest BCUT2D eigenvalue weighted by Crippen LogP contribution is 2.38. The Hall–Kier alpha value is -2.80. The fourth-order valence-electron chi connectivity index (χ4n) is 3.71. The van der Waals surface area contributed by atoms with Crippen molar-refractivity contribution in [2.24, 2.45) is 5.41 Å². The van der Waals surface area contributed by atoms with E-state index in [1.165, 1.54) is 19.1 Å². The summed E-state index contributed by atoms with van der Waals surface area (Å²) in [6, 6.07) is 4.86. The summed E-state index contributed by atoms with van der Waals surface area (Å²) in [6.07, 6.45) is 0.995.